The Kier molecular flexibility index (Phi) is 3.87. The van der Waals surface area contributed by atoms with E-state index < -0.39 is 11.7 Å². The van der Waals surface area contributed by atoms with Gasteiger partial charge in [0.2, 0.25) is 0 Å². The Bertz CT molecular complexity index is 405. The number of hydrogen-bond donors (Lipinski definition) is 0. The summed E-state index contributed by atoms with van der Waals surface area (Å²) in [7, 11) is 1.53. The average molecular weight is 270 g/mol. The third-order valence-electron chi connectivity index (χ3n) is 1.85. The highest BCUT2D eigenvalue weighted by molar-refractivity contribution is 9.10. The molecule has 0 heterocycles. The summed E-state index contributed by atoms with van der Waals surface area (Å²) in [6, 6.07) is 4.37. The molecule has 0 spiro atoms. The van der Waals surface area contributed by atoms with Crippen molar-refractivity contribution in [2.24, 2.45) is 0 Å². The molecule has 0 atom stereocenters. The van der Waals surface area contributed by atoms with E-state index in [-0.39, 0.29) is 12.1 Å². The standard InChI is InChI=1S/C11H9BrFNO/c1-3-7-14(2)11(15)10-8(12)5-4-6-9(10)13/h1,4-6H,7H2,2H3. The molecule has 0 N–H and O–H groups in total. The Morgan fingerprint density at radius 1 is 1.67 bits per heavy atom. The molecule has 0 bridgehead atoms. The second-order valence-corrected chi connectivity index (χ2v) is 3.82. The first-order chi connectivity index (χ1) is 7.07. The predicted octanol–water partition coefficient (Wildman–Crippen LogP) is 2.29. The third kappa shape index (κ3) is 2.57. The van der Waals surface area contributed by atoms with Gasteiger partial charge in [0.05, 0.1) is 12.1 Å². The van der Waals surface area contributed by atoms with Gasteiger partial charge in [-0.25, -0.2) is 4.39 Å². The van der Waals surface area contributed by atoms with Crippen molar-refractivity contribution in [3.8, 4) is 12.3 Å². The summed E-state index contributed by atoms with van der Waals surface area (Å²) in [6.45, 7) is 0.152. The van der Waals surface area contributed by atoms with Crippen molar-refractivity contribution in [3.05, 3.63) is 34.1 Å². The van der Waals surface area contributed by atoms with E-state index in [1.807, 2.05) is 0 Å². The Labute approximate surface area is 96.2 Å². The van der Waals surface area contributed by atoms with Gasteiger partial charge < -0.3 is 4.90 Å². The lowest BCUT2D eigenvalue weighted by Crippen LogP contribution is -2.28. The van der Waals surface area contributed by atoms with Crippen molar-refractivity contribution in [1.29, 1.82) is 0 Å². The van der Waals surface area contributed by atoms with Crippen molar-refractivity contribution in [1.82, 2.24) is 4.90 Å². The van der Waals surface area contributed by atoms with Crippen LogP contribution in [0.3, 0.4) is 0 Å². The number of rotatable bonds is 2. The van der Waals surface area contributed by atoms with Gasteiger partial charge in [0.25, 0.3) is 5.91 Å². The smallest absolute Gasteiger partial charge is 0.258 e. The lowest BCUT2D eigenvalue weighted by atomic mass is 10.2. The van der Waals surface area contributed by atoms with Crippen LogP contribution >= 0.6 is 15.9 Å². The first-order valence-electron chi connectivity index (χ1n) is 4.21. The number of nitrogens with zero attached hydrogens (tertiary/aromatic N) is 1. The van der Waals surface area contributed by atoms with Crippen molar-refractivity contribution >= 4 is 21.8 Å². The van der Waals surface area contributed by atoms with Crippen LogP contribution in [-0.2, 0) is 0 Å². The molecule has 2 nitrogen and oxygen atoms in total. The maximum absolute atomic E-state index is 13.4. The van der Waals surface area contributed by atoms with Gasteiger partial charge in [-0.1, -0.05) is 12.0 Å². The largest absolute Gasteiger partial charge is 0.330 e. The lowest BCUT2D eigenvalue weighted by Gasteiger charge is -2.15. The molecule has 78 valence electrons. The minimum Gasteiger partial charge on any atom is -0.330 e. The summed E-state index contributed by atoms with van der Waals surface area (Å²) in [6.07, 6.45) is 5.07. The normalized spacial score (nSPS) is 9.47. The van der Waals surface area contributed by atoms with Crippen LogP contribution in [0.15, 0.2) is 22.7 Å². The van der Waals surface area contributed by atoms with Gasteiger partial charge in [0.1, 0.15) is 5.82 Å². The molecule has 0 aromatic heterocycles. The van der Waals surface area contributed by atoms with Gasteiger partial charge in [-0.15, -0.1) is 6.42 Å². The van der Waals surface area contributed by atoms with Crippen molar-refractivity contribution < 1.29 is 9.18 Å². The molecule has 0 fully saturated rings. The average Bonchev–Trinajstić information content (AvgIpc) is 2.17. The number of amides is 1. The maximum Gasteiger partial charge on any atom is 0.258 e. The van der Waals surface area contributed by atoms with E-state index in [0.29, 0.717) is 4.47 Å². The zero-order chi connectivity index (χ0) is 11.4. The topological polar surface area (TPSA) is 20.3 Å². The van der Waals surface area contributed by atoms with E-state index in [2.05, 4.69) is 21.9 Å². The van der Waals surface area contributed by atoms with Crippen LogP contribution in [0.1, 0.15) is 10.4 Å². The van der Waals surface area contributed by atoms with Gasteiger partial charge in [0.15, 0.2) is 0 Å². The summed E-state index contributed by atoms with van der Waals surface area (Å²) in [5.74, 6) is 1.33. The highest BCUT2D eigenvalue weighted by Gasteiger charge is 2.18. The Balaban J connectivity index is 3.07. The van der Waals surface area contributed by atoms with Crippen LogP contribution in [0, 0.1) is 18.2 Å². The van der Waals surface area contributed by atoms with E-state index in [1.165, 1.54) is 24.1 Å². The van der Waals surface area contributed by atoms with Gasteiger partial charge in [-0.3, -0.25) is 4.79 Å². The summed E-state index contributed by atoms with van der Waals surface area (Å²) < 4.78 is 13.8. The molecule has 0 aliphatic carbocycles. The monoisotopic (exact) mass is 269 g/mol. The van der Waals surface area contributed by atoms with Gasteiger partial charge >= 0.3 is 0 Å². The van der Waals surface area contributed by atoms with E-state index in [0.717, 1.165) is 0 Å². The zero-order valence-electron chi connectivity index (χ0n) is 8.13. The molecule has 0 aliphatic rings. The van der Waals surface area contributed by atoms with E-state index in [1.54, 1.807) is 6.07 Å². The number of terminal acetylenes is 1. The van der Waals surface area contributed by atoms with E-state index >= 15 is 0 Å². The second-order valence-electron chi connectivity index (χ2n) is 2.96. The molecule has 1 rings (SSSR count). The van der Waals surface area contributed by atoms with Crippen LogP contribution in [0.5, 0.6) is 0 Å². The molecule has 0 unspecified atom stereocenters. The van der Waals surface area contributed by atoms with Gasteiger partial charge in [0, 0.05) is 11.5 Å². The quantitative estimate of drug-likeness (QED) is 0.755. The van der Waals surface area contributed by atoms with E-state index in [4.69, 9.17) is 6.42 Å². The number of hydrogen-bond acceptors (Lipinski definition) is 1. The number of carbonyl (C=O) groups excluding carboxylic acids is 1. The summed E-state index contributed by atoms with van der Waals surface area (Å²) in [4.78, 5) is 13.0. The van der Waals surface area contributed by atoms with Gasteiger partial charge in [-0.05, 0) is 28.1 Å². The number of carbonyl (C=O) groups is 1. The Hall–Kier alpha value is -1.34. The van der Waals surface area contributed by atoms with Crippen molar-refractivity contribution in [3.63, 3.8) is 0 Å². The molecule has 0 saturated heterocycles. The minimum absolute atomic E-state index is 0.00949. The van der Waals surface area contributed by atoms with Crippen LogP contribution < -0.4 is 0 Å². The highest BCUT2D eigenvalue weighted by atomic mass is 79.9. The molecule has 0 aliphatic heterocycles. The third-order valence-corrected chi connectivity index (χ3v) is 2.51. The van der Waals surface area contributed by atoms with Crippen molar-refractivity contribution in [2.75, 3.05) is 13.6 Å². The van der Waals surface area contributed by atoms with Gasteiger partial charge in [-0.2, -0.15) is 0 Å². The second kappa shape index (κ2) is 4.94. The summed E-state index contributed by atoms with van der Waals surface area (Å²) >= 11 is 3.13. The predicted molar refractivity (Wildman–Crippen MR) is 59.9 cm³/mol. The summed E-state index contributed by atoms with van der Waals surface area (Å²) in [5, 5.41) is 0. The molecular formula is C11H9BrFNO. The lowest BCUT2D eigenvalue weighted by molar-refractivity contribution is 0.0807. The molecular weight excluding hydrogens is 261 g/mol. The highest BCUT2D eigenvalue weighted by Crippen LogP contribution is 2.20. The molecule has 1 aromatic carbocycles. The minimum atomic E-state index is -0.557. The molecule has 15 heavy (non-hydrogen) atoms. The fraction of sp³-hybridized carbons (Fsp3) is 0.182. The first-order valence-corrected chi connectivity index (χ1v) is 5.00. The van der Waals surface area contributed by atoms with Crippen LogP contribution in [-0.4, -0.2) is 24.4 Å². The van der Waals surface area contributed by atoms with E-state index in [9.17, 15) is 9.18 Å². The molecule has 1 amide bonds. The number of benzene rings is 1. The Morgan fingerprint density at radius 2 is 2.33 bits per heavy atom. The molecule has 1 aromatic rings. The molecule has 0 saturated carbocycles. The Morgan fingerprint density at radius 3 is 2.87 bits per heavy atom. The van der Waals surface area contributed by atoms with Crippen LogP contribution in [0.4, 0.5) is 4.39 Å². The summed E-state index contributed by atoms with van der Waals surface area (Å²) in [5.41, 5.74) is 0.00949. The molecule has 4 heteroatoms. The first kappa shape index (κ1) is 11.7. The van der Waals surface area contributed by atoms with Crippen molar-refractivity contribution in [2.45, 2.75) is 0 Å². The fourth-order valence-corrected chi connectivity index (χ4v) is 1.61. The maximum atomic E-state index is 13.4. The fourth-order valence-electron chi connectivity index (χ4n) is 1.10. The SMILES string of the molecule is C#CCN(C)C(=O)c1c(F)cccc1Br. The van der Waals surface area contributed by atoms with Crippen LogP contribution in [0.2, 0.25) is 0 Å². The van der Waals surface area contributed by atoms with Crippen LogP contribution in [0.25, 0.3) is 0 Å². The zero-order valence-corrected chi connectivity index (χ0v) is 9.71. The number of halogens is 2. The molecule has 0 radical (unpaired) electrons.